The topological polar surface area (TPSA) is 58.6 Å². The molecule has 1 fully saturated rings. The van der Waals surface area contributed by atoms with Crippen LogP contribution in [0.2, 0.25) is 0 Å². The molecule has 0 aliphatic heterocycles. The molecule has 1 amide bonds. The van der Waals surface area contributed by atoms with Gasteiger partial charge < -0.3 is 15.2 Å². The summed E-state index contributed by atoms with van der Waals surface area (Å²) in [6.07, 6.45) is 2.24. The largest absolute Gasteiger partial charge is 0.390 e. The van der Waals surface area contributed by atoms with E-state index in [1.807, 2.05) is 6.92 Å². The van der Waals surface area contributed by atoms with Gasteiger partial charge in [0.05, 0.1) is 17.8 Å². The van der Waals surface area contributed by atoms with Crippen LogP contribution in [0, 0.1) is 11.3 Å². The van der Waals surface area contributed by atoms with E-state index in [-0.39, 0.29) is 16.9 Å². The third-order valence-corrected chi connectivity index (χ3v) is 4.39. The Hall–Kier alpha value is -0.610. The van der Waals surface area contributed by atoms with Gasteiger partial charge in [0.1, 0.15) is 0 Å². The minimum atomic E-state index is -0.683. The molecule has 0 aromatic rings. The van der Waals surface area contributed by atoms with Crippen LogP contribution < -0.4 is 5.32 Å². The number of carbonyl (C=O) groups excluding carboxylic acids is 1. The fourth-order valence-electron chi connectivity index (χ4n) is 2.78. The SMILES string of the molecule is CCC(=O)NCC1(C)CC1C(C)(C)OCCC(C)(C)O. The van der Waals surface area contributed by atoms with Gasteiger partial charge in [-0.25, -0.2) is 0 Å². The molecule has 0 radical (unpaired) electrons. The van der Waals surface area contributed by atoms with E-state index in [9.17, 15) is 9.90 Å². The summed E-state index contributed by atoms with van der Waals surface area (Å²) in [7, 11) is 0. The lowest BCUT2D eigenvalue weighted by Crippen LogP contribution is -2.36. The average Bonchev–Trinajstić information content (AvgIpc) is 2.98. The van der Waals surface area contributed by atoms with Gasteiger partial charge in [0.2, 0.25) is 5.91 Å². The zero-order chi connectivity index (χ0) is 15.6. The average molecular weight is 285 g/mol. The summed E-state index contributed by atoms with van der Waals surface area (Å²) in [5, 5.41) is 12.7. The van der Waals surface area contributed by atoms with E-state index in [1.165, 1.54) is 0 Å². The van der Waals surface area contributed by atoms with Gasteiger partial charge in [-0.3, -0.25) is 4.79 Å². The lowest BCUT2D eigenvalue weighted by molar-refractivity contribution is -0.121. The Bertz CT molecular complexity index is 346. The second kappa shape index (κ2) is 6.02. The van der Waals surface area contributed by atoms with Gasteiger partial charge in [0.25, 0.3) is 0 Å². The van der Waals surface area contributed by atoms with E-state index < -0.39 is 5.60 Å². The second-order valence-electron chi connectivity index (χ2n) is 7.56. The van der Waals surface area contributed by atoms with Gasteiger partial charge in [-0.2, -0.15) is 0 Å². The Morgan fingerprint density at radius 3 is 2.50 bits per heavy atom. The molecule has 2 atom stereocenters. The molecule has 118 valence electrons. The number of aliphatic hydroxyl groups is 1. The van der Waals surface area contributed by atoms with Crippen molar-refractivity contribution in [1.82, 2.24) is 5.32 Å². The van der Waals surface area contributed by atoms with E-state index in [4.69, 9.17) is 4.74 Å². The molecule has 0 spiro atoms. The van der Waals surface area contributed by atoms with E-state index in [0.29, 0.717) is 25.4 Å². The van der Waals surface area contributed by atoms with Crippen LogP contribution in [-0.2, 0) is 9.53 Å². The predicted molar refractivity (Wildman–Crippen MR) is 80.5 cm³/mol. The standard InChI is InChI=1S/C16H31NO3/c1-7-13(18)17-11-16(6)10-12(16)15(4,5)20-9-8-14(2,3)19/h12,19H,7-11H2,1-6H3,(H,17,18). The van der Waals surface area contributed by atoms with Crippen LogP contribution in [0.4, 0.5) is 0 Å². The summed E-state index contributed by atoms with van der Waals surface area (Å²) in [6.45, 7) is 13.2. The summed E-state index contributed by atoms with van der Waals surface area (Å²) < 4.78 is 5.99. The number of carbonyl (C=O) groups is 1. The van der Waals surface area contributed by atoms with Crippen LogP contribution in [0.25, 0.3) is 0 Å². The summed E-state index contributed by atoms with van der Waals surface area (Å²) in [4.78, 5) is 11.4. The van der Waals surface area contributed by atoms with E-state index >= 15 is 0 Å². The highest BCUT2D eigenvalue weighted by atomic mass is 16.5. The number of hydrogen-bond donors (Lipinski definition) is 2. The fourth-order valence-corrected chi connectivity index (χ4v) is 2.78. The molecule has 1 aliphatic rings. The maximum absolute atomic E-state index is 11.4. The highest BCUT2D eigenvalue weighted by Gasteiger charge is 2.57. The molecular weight excluding hydrogens is 254 g/mol. The highest BCUT2D eigenvalue weighted by molar-refractivity contribution is 5.75. The van der Waals surface area contributed by atoms with Crippen molar-refractivity contribution in [3.63, 3.8) is 0 Å². The molecule has 20 heavy (non-hydrogen) atoms. The molecule has 0 aromatic carbocycles. The van der Waals surface area contributed by atoms with Gasteiger partial charge in [-0.1, -0.05) is 13.8 Å². The van der Waals surface area contributed by atoms with Crippen molar-refractivity contribution < 1.29 is 14.6 Å². The molecule has 1 rings (SSSR count). The third-order valence-electron chi connectivity index (χ3n) is 4.39. The summed E-state index contributed by atoms with van der Waals surface area (Å²) >= 11 is 0. The van der Waals surface area contributed by atoms with Crippen molar-refractivity contribution in [3.8, 4) is 0 Å². The number of hydrogen-bond acceptors (Lipinski definition) is 3. The fraction of sp³-hybridized carbons (Fsp3) is 0.938. The van der Waals surface area contributed by atoms with Crippen molar-refractivity contribution in [2.45, 2.75) is 72.0 Å². The van der Waals surface area contributed by atoms with Crippen molar-refractivity contribution in [2.24, 2.45) is 11.3 Å². The van der Waals surface area contributed by atoms with E-state index in [2.05, 4.69) is 26.1 Å². The third kappa shape index (κ3) is 5.06. The normalized spacial score (nSPS) is 26.4. The number of ether oxygens (including phenoxy) is 1. The minimum absolute atomic E-state index is 0.109. The first kappa shape index (κ1) is 17.4. The Balaban J connectivity index is 2.40. The molecule has 4 nitrogen and oxygen atoms in total. The monoisotopic (exact) mass is 285 g/mol. The Kier molecular flexibility index (Phi) is 5.25. The summed E-state index contributed by atoms with van der Waals surface area (Å²) in [5.74, 6) is 0.562. The summed E-state index contributed by atoms with van der Waals surface area (Å²) in [6, 6.07) is 0. The summed E-state index contributed by atoms with van der Waals surface area (Å²) in [5.41, 5.74) is -0.752. The number of amides is 1. The molecule has 0 bridgehead atoms. The van der Waals surface area contributed by atoms with Crippen LogP contribution >= 0.6 is 0 Å². The molecule has 1 aliphatic carbocycles. The van der Waals surface area contributed by atoms with Crippen molar-refractivity contribution in [1.29, 1.82) is 0 Å². The molecule has 0 saturated heterocycles. The minimum Gasteiger partial charge on any atom is -0.390 e. The van der Waals surface area contributed by atoms with Crippen LogP contribution in [0.5, 0.6) is 0 Å². The van der Waals surface area contributed by atoms with Crippen LogP contribution in [-0.4, -0.2) is 35.4 Å². The lowest BCUT2D eigenvalue weighted by atomic mass is 9.94. The Morgan fingerprint density at radius 2 is 2.00 bits per heavy atom. The molecule has 1 saturated carbocycles. The number of nitrogens with one attached hydrogen (secondary N) is 1. The molecule has 2 unspecified atom stereocenters. The first-order valence-electron chi connectivity index (χ1n) is 7.63. The molecule has 0 heterocycles. The van der Waals surface area contributed by atoms with Crippen LogP contribution in [0.3, 0.4) is 0 Å². The van der Waals surface area contributed by atoms with Gasteiger partial charge in [0.15, 0.2) is 0 Å². The van der Waals surface area contributed by atoms with Gasteiger partial charge >= 0.3 is 0 Å². The smallest absolute Gasteiger partial charge is 0.219 e. The Morgan fingerprint density at radius 1 is 1.40 bits per heavy atom. The van der Waals surface area contributed by atoms with Crippen LogP contribution in [0.15, 0.2) is 0 Å². The zero-order valence-corrected chi connectivity index (χ0v) is 13.9. The lowest BCUT2D eigenvalue weighted by Gasteiger charge is -2.30. The van der Waals surface area contributed by atoms with Gasteiger partial charge in [-0.15, -0.1) is 0 Å². The maximum Gasteiger partial charge on any atom is 0.219 e. The van der Waals surface area contributed by atoms with Crippen molar-refractivity contribution in [3.05, 3.63) is 0 Å². The molecular formula is C16H31NO3. The molecule has 4 heteroatoms. The number of rotatable bonds is 8. The van der Waals surface area contributed by atoms with Gasteiger partial charge in [-0.05, 0) is 51.9 Å². The van der Waals surface area contributed by atoms with E-state index in [0.717, 1.165) is 13.0 Å². The highest BCUT2D eigenvalue weighted by Crippen LogP contribution is 2.58. The first-order chi connectivity index (χ1) is 9.00. The molecule has 0 aromatic heterocycles. The Labute approximate surface area is 123 Å². The molecule has 2 N–H and O–H groups in total. The van der Waals surface area contributed by atoms with Crippen LogP contribution in [0.1, 0.15) is 60.8 Å². The maximum atomic E-state index is 11.4. The first-order valence-corrected chi connectivity index (χ1v) is 7.63. The van der Waals surface area contributed by atoms with E-state index in [1.54, 1.807) is 13.8 Å². The van der Waals surface area contributed by atoms with Crippen molar-refractivity contribution in [2.75, 3.05) is 13.2 Å². The quantitative estimate of drug-likeness (QED) is 0.720. The second-order valence-corrected chi connectivity index (χ2v) is 7.56. The van der Waals surface area contributed by atoms with Crippen molar-refractivity contribution >= 4 is 5.91 Å². The zero-order valence-electron chi connectivity index (χ0n) is 13.9. The van der Waals surface area contributed by atoms with Gasteiger partial charge in [0, 0.05) is 13.0 Å². The predicted octanol–water partition coefficient (Wildman–Crippen LogP) is 2.50.